The van der Waals surface area contributed by atoms with Crippen LogP contribution in [-0.4, -0.2) is 39.5 Å². The van der Waals surface area contributed by atoms with Crippen molar-refractivity contribution < 1.29 is 9.47 Å². The lowest BCUT2D eigenvalue weighted by Crippen LogP contribution is -2.26. The van der Waals surface area contributed by atoms with Crippen molar-refractivity contribution in [2.24, 2.45) is 11.8 Å². The second-order valence-corrected chi connectivity index (χ2v) is 5.93. The first-order valence-electron chi connectivity index (χ1n) is 7.52. The Labute approximate surface area is 113 Å². The van der Waals surface area contributed by atoms with Gasteiger partial charge >= 0.3 is 0 Å². The zero-order valence-corrected chi connectivity index (χ0v) is 12.4. The summed E-state index contributed by atoms with van der Waals surface area (Å²) in [5.41, 5.74) is 0. The van der Waals surface area contributed by atoms with Gasteiger partial charge in [-0.2, -0.15) is 0 Å². The molecule has 0 spiro atoms. The van der Waals surface area contributed by atoms with Crippen LogP contribution in [0.5, 0.6) is 0 Å². The predicted octanol–water partition coefficient (Wildman–Crippen LogP) is 2.84. The van der Waals surface area contributed by atoms with Crippen molar-refractivity contribution in [3.8, 4) is 0 Å². The number of ether oxygens (including phenoxy) is 2. The van der Waals surface area contributed by atoms with E-state index in [9.17, 15) is 0 Å². The van der Waals surface area contributed by atoms with Gasteiger partial charge in [-0.25, -0.2) is 0 Å². The molecule has 0 aromatic heterocycles. The molecule has 18 heavy (non-hydrogen) atoms. The van der Waals surface area contributed by atoms with Gasteiger partial charge in [-0.3, -0.25) is 0 Å². The highest BCUT2D eigenvalue weighted by Crippen LogP contribution is 2.21. The minimum absolute atomic E-state index is 0.771. The van der Waals surface area contributed by atoms with Crippen LogP contribution in [0, 0.1) is 11.8 Å². The van der Waals surface area contributed by atoms with E-state index in [1.165, 1.54) is 32.2 Å². The summed E-state index contributed by atoms with van der Waals surface area (Å²) >= 11 is 0. The molecule has 0 amide bonds. The molecule has 0 bridgehead atoms. The number of rotatable bonds is 12. The molecule has 3 nitrogen and oxygen atoms in total. The monoisotopic (exact) mass is 257 g/mol. The summed E-state index contributed by atoms with van der Waals surface area (Å²) in [6.45, 7) is 8.32. The normalized spacial score (nSPS) is 17.3. The molecule has 0 aliphatic heterocycles. The van der Waals surface area contributed by atoms with Gasteiger partial charge in [0.1, 0.15) is 0 Å². The first kappa shape index (κ1) is 15.9. The van der Waals surface area contributed by atoms with Gasteiger partial charge in [0, 0.05) is 33.0 Å². The van der Waals surface area contributed by atoms with E-state index in [4.69, 9.17) is 9.47 Å². The third-order valence-electron chi connectivity index (χ3n) is 3.38. The van der Waals surface area contributed by atoms with Crippen molar-refractivity contribution in [3.05, 3.63) is 0 Å². The van der Waals surface area contributed by atoms with E-state index in [2.05, 4.69) is 19.2 Å². The standard InChI is InChI=1S/C15H31NO2/c1-13(2)11-14(12-16-15-5-6-15)7-10-18-9-4-8-17-3/h13-16H,4-12H2,1-3H3. The van der Waals surface area contributed by atoms with Crippen LogP contribution in [0.1, 0.15) is 46.0 Å². The molecule has 1 saturated carbocycles. The fourth-order valence-electron chi connectivity index (χ4n) is 2.25. The van der Waals surface area contributed by atoms with E-state index < -0.39 is 0 Å². The zero-order valence-electron chi connectivity index (χ0n) is 12.4. The SMILES string of the molecule is COCCCOCCC(CNC1CC1)CC(C)C. The van der Waals surface area contributed by atoms with E-state index in [-0.39, 0.29) is 0 Å². The summed E-state index contributed by atoms with van der Waals surface area (Å²) in [4.78, 5) is 0. The van der Waals surface area contributed by atoms with E-state index in [1.807, 2.05) is 0 Å². The van der Waals surface area contributed by atoms with Crippen molar-refractivity contribution in [1.82, 2.24) is 5.32 Å². The number of methoxy groups -OCH3 is 1. The highest BCUT2D eigenvalue weighted by molar-refractivity contribution is 4.82. The molecule has 1 N–H and O–H groups in total. The highest BCUT2D eigenvalue weighted by Gasteiger charge is 2.22. The van der Waals surface area contributed by atoms with Gasteiger partial charge in [-0.15, -0.1) is 0 Å². The molecule has 0 aromatic rings. The summed E-state index contributed by atoms with van der Waals surface area (Å²) in [6.07, 6.45) is 6.25. The Morgan fingerprint density at radius 2 is 1.94 bits per heavy atom. The number of hydrogen-bond donors (Lipinski definition) is 1. The first-order valence-corrected chi connectivity index (χ1v) is 7.52. The van der Waals surface area contributed by atoms with Gasteiger partial charge in [-0.1, -0.05) is 13.8 Å². The molecule has 0 aromatic carbocycles. The summed E-state index contributed by atoms with van der Waals surface area (Å²) < 4.78 is 10.7. The van der Waals surface area contributed by atoms with Gasteiger partial charge in [0.05, 0.1) is 0 Å². The third kappa shape index (κ3) is 8.90. The van der Waals surface area contributed by atoms with E-state index in [1.54, 1.807) is 7.11 Å². The zero-order chi connectivity index (χ0) is 13.2. The summed E-state index contributed by atoms with van der Waals surface area (Å²) in [5, 5.41) is 3.65. The van der Waals surface area contributed by atoms with Crippen molar-refractivity contribution in [2.75, 3.05) is 33.5 Å². The quantitative estimate of drug-likeness (QED) is 0.545. The fourth-order valence-corrected chi connectivity index (χ4v) is 2.25. The van der Waals surface area contributed by atoms with Crippen LogP contribution in [-0.2, 0) is 9.47 Å². The maximum Gasteiger partial charge on any atom is 0.0487 e. The van der Waals surface area contributed by atoms with E-state index in [0.29, 0.717) is 0 Å². The minimum Gasteiger partial charge on any atom is -0.385 e. The Hall–Kier alpha value is -0.120. The molecule has 0 saturated heterocycles. The fraction of sp³-hybridized carbons (Fsp3) is 1.00. The molecule has 3 heteroatoms. The van der Waals surface area contributed by atoms with Crippen molar-refractivity contribution in [1.29, 1.82) is 0 Å². The molecular weight excluding hydrogens is 226 g/mol. The topological polar surface area (TPSA) is 30.5 Å². The molecule has 1 rings (SSSR count). The van der Waals surface area contributed by atoms with Gasteiger partial charge in [-0.05, 0) is 50.5 Å². The van der Waals surface area contributed by atoms with Gasteiger partial charge in [0.2, 0.25) is 0 Å². The molecule has 0 radical (unpaired) electrons. The molecule has 1 aliphatic carbocycles. The summed E-state index contributed by atoms with van der Waals surface area (Å²) in [6, 6.07) is 0.822. The van der Waals surface area contributed by atoms with Gasteiger partial charge < -0.3 is 14.8 Å². The minimum atomic E-state index is 0.771. The lowest BCUT2D eigenvalue weighted by molar-refractivity contribution is 0.0916. The Morgan fingerprint density at radius 1 is 1.17 bits per heavy atom. The Bertz CT molecular complexity index is 193. The van der Waals surface area contributed by atoms with Crippen LogP contribution in [0.2, 0.25) is 0 Å². The van der Waals surface area contributed by atoms with E-state index >= 15 is 0 Å². The third-order valence-corrected chi connectivity index (χ3v) is 3.38. The maximum absolute atomic E-state index is 5.66. The highest BCUT2D eigenvalue weighted by atomic mass is 16.5. The largest absolute Gasteiger partial charge is 0.385 e. The van der Waals surface area contributed by atoms with Crippen molar-refractivity contribution in [3.63, 3.8) is 0 Å². The second-order valence-electron chi connectivity index (χ2n) is 5.93. The predicted molar refractivity (Wildman–Crippen MR) is 75.9 cm³/mol. The molecule has 1 atom stereocenters. The van der Waals surface area contributed by atoms with Crippen molar-refractivity contribution in [2.45, 2.75) is 52.0 Å². The van der Waals surface area contributed by atoms with Crippen LogP contribution >= 0.6 is 0 Å². The van der Waals surface area contributed by atoms with Crippen LogP contribution in [0.25, 0.3) is 0 Å². The summed E-state index contributed by atoms with van der Waals surface area (Å²) in [5.74, 6) is 1.55. The van der Waals surface area contributed by atoms with Gasteiger partial charge in [0.15, 0.2) is 0 Å². The smallest absolute Gasteiger partial charge is 0.0487 e. The first-order chi connectivity index (χ1) is 8.72. The second kappa shape index (κ2) is 9.76. The van der Waals surface area contributed by atoms with Crippen LogP contribution in [0.15, 0.2) is 0 Å². The Balaban J connectivity index is 2.02. The molecule has 1 unspecified atom stereocenters. The lowest BCUT2D eigenvalue weighted by atomic mass is 9.94. The molecule has 1 aliphatic rings. The Morgan fingerprint density at radius 3 is 2.56 bits per heavy atom. The Kier molecular flexibility index (Phi) is 8.64. The maximum atomic E-state index is 5.66. The number of hydrogen-bond acceptors (Lipinski definition) is 3. The van der Waals surface area contributed by atoms with Crippen LogP contribution in [0.3, 0.4) is 0 Å². The average molecular weight is 257 g/mol. The summed E-state index contributed by atoms with van der Waals surface area (Å²) in [7, 11) is 1.74. The molecule has 0 heterocycles. The molecule has 1 fully saturated rings. The van der Waals surface area contributed by atoms with Crippen LogP contribution < -0.4 is 5.32 Å². The average Bonchev–Trinajstić information content (AvgIpc) is 3.13. The lowest BCUT2D eigenvalue weighted by Gasteiger charge is -2.19. The van der Waals surface area contributed by atoms with Crippen molar-refractivity contribution >= 4 is 0 Å². The molecule has 108 valence electrons. The van der Waals surface area contributed by atoms with Gasteiger partial charge in [0.25, 0.3) is 0 Å². The van der Waals surface area contributed by atoms with E-state index in [0.717, 1.165) is 44.1 Å². The molecular formula is C15H31NO2. The van der Waals surface area contributed by atoms with Crippen LogP contribution in [0.4, 0.5) is 0 Å². The number of nitrogens with one attached hydrogen (secondary N) is 1.